The van der Waals surface area contributed by atoms with Gasteiger partial charge in [0, 0.05) is 0 Å². The minimum absolute atomic E-state index is 0. The Bertz CT molecular complexity index is 381. The first-order valence-electron chi connectivity index (χ1n) is 10.9. The molecule has 0 radical (unpaired) electrons. The van der Waals surface area contributed by atoms with Crippen molar-refractivity contribution in [2.24, 2.45) is 5.92 Å². The minimum Gasteiger partial charge on any atom is -0.0776 e. The smallest absolute Gasteiger partial charge is 0.0162 e. The molecule has 0 heterocycles. The molecule has 2 aliphatic rings. The molecular formula is C25H46. The second-order valence-corrected chi connectivity index (χ2v) is 7.37. The van der Waals surface area contributed by atoms with Gasteiger partial charge in [0.2, 0.25) is 0 Å². The fourth-order valence-electron chi connectivity index (χ4n) is 3.41. The van der Waals surface area contributed by atoms with Gasteiger partial charge in [0.15, 0.2) is 0 Å². The Morgan fingerprint density at radius 2 is 1.40 bits per heavy atom. The number of benzene rings is 1. The highest BCUT2D eigenvalue weighted by Crippen LogP contribution is 2.36. The molecule has 0 spiro atoms. The molecule has 1 aromatic carbocycles. The van der Waals surface area contributed by atoms with Gasteiger partial charge in [-0.15, -0.1) is 0 Å². The largest absolute Gasteiger partial charge is 0.0776 e. The van der Waals surface area contributed by atoms with E-state index in [4.69, 9.17) is 0 Å². The molecule has 0 unspecified atom stereocenters. The molecule has 2 fully saturated rings. The SMILES string of the molecule is C.CC.CCCCCCC1CCC1.CCc1ccc(C2CCC2)cc1. The van der Waals surface area contributed by atoms with Crippen molar-refractivity contribution >= 4 is 0 Å². The zero-order valence-electron chi connectivity index (χ0n) is 16.9. The Morgan fingerprint density at radius 3 is 1.80 bits per heavy atom. The maximum absolute atomic E-state index is 2.31. The summed E-state index contributed by atoms with van der Waals surface area (Å²) in [5.74, 6) is 2.02. The lowest BCUT2D eigenvalue weighted by Gasteiger charge is -2.25. The van der Waals surface area contributed by atoms with Crippen LogP contribution < -0.4 is 0 Å². The highest BCUT2D eigenvalue weighted by molar-refractivity contribution is 5.26. The first-order valence-corrected chi connectivity index (χ1v) is 10.9. The van der Waals surface area contributed by atoms with E-state index in [9.17, 15) is 0 Å². The zero-order valence-corrected chi connectivity index (χ0v) is 16.9. The van der Waals surface area contributed by atoms with Gasteiger partial charge in [0.1, 0.15) is 0 Å². The van der Waals surface area contributed by atoms with Crippen molar-refractivity contribution < 1.29 is 0 Å². The van der Waals surface area contributed by atoms with Gasteiger partial charge in [-0.25, -0.2) is 0 Å². The molecule has 0 aromatic heterocycles. The molecule has 3 rings (SSSR count). The highest BCUT2D eigenvalue weighted by Gasteiger charge is 2.18. The molecule has 146 valence electrons. The summed E-state index contributed by atoms with van der Waals surface area (Å²) in [5.41, 5.74) is 3.01. The van der Waals surface area contributed by atoms with Gasteiger partial charge in [0.25, 0.3) is 0 Å². The summed E-state index contributed by atoms with van der Waals surface area (Å²) in [5, 5.41) is 0. The zero-order chi connectivity index (χ0) is 17.6. The third-order valence-electron chi connectivity index (χ3n) is 5.66. The van der Waals surface area contributed by atoms with E-state index in [2.05, 4.69) is 38.1 Å². The lowest BCUT2D eigenvalue weighted by Crippen LogP contribution is -2.10. The average molecular weight is 347 g/mol. The second-order valence-electron chi connectivity index (χ2n) is 7.37. The van der Waals surface area contributed by atoms with E-state index >= 15 is 0 Å². The Hall–Kier alpha value is -0.780. The molecule has 0 bridgehead atoms. The summed E-state index contributed by atoms with van der Waals surface area (Å²) in [4.78, 5) is 0. The third-order valence-corrected chi connectivity index (χ3v) is 5.66. The van der Waals surface area contributed by atoms with Crippen molar-refractivity contribution in [3.63, 3.8) is 0 Å². The van der Waals surface area contributed by atoms with Gasteiger partial charge >= 0.3 is 0 Å². The van der Waals surface area contributed by atoms with Crippen LogP contribution in [0.15, 0.2) is 24.3 Å². The lowest BCUT2D eigenvalue weighted by molar-refractivity contribution is 0.286. The van der Waals surface area contributed by atoms with E-state index in [0.29, 0.717) is 0 Å². The van der Waals surface area contributed by atoms with E-state index < -0.39 is 0 Å². The Morgan fingerprint density at radius 1 is 0.800 bits per heavy atom. The minimum atomic E-state index is 0. The maximum atomic E-state index is 2.31. The van der Waals surface area contributed by atoms with Gasteiger partial charge in [0.05, 0.1) is 0 Å². The van der Waals surface area contributed by atoms with Gasteiger partial charge in [-0.2, -0.15) is 0 Å². The second kappa shape index (κ2) is 15.5. The van der Waals surface area contributed by atoms with Gasteiger partial charge in [-0.05, 0) is 42.2 Å². The van der Waals surface area contributed by atoms with Crippen molar-refractivity contribution in [3.8, 4) is 0 Å². The molecule has 2 saturated carbocycles. The molecule has 0 N–H and O–H groups in total. The summed E-state index contributed by atoms with van der Waals surface area (Å²) in [6.45, 7) is 8.49. The number of hydrogen-bond donors (Lipinski definition) is 0. The molecule has 25 heavy (non-hydrogen) atoms. The van der Waals surface area contributed by atoms with Crippen LogP contribution in [-0.2, 0) is 6.42 Å². The fraction of sp³-hybridized carbons (Fsp3) is 0.760. The highest BCUT2D eigenvalue weighted by atomic mass is 14.2. The van der Waals surface area contributed by atoms with Crippen LogP contribution in [0.2, 0.25) is 0 Å². The average Bonchev–Trinajstić information content (AvgIpc) is 2.55. The van der Waals surface area contributed by atoms with Gasteiger partial charge in [-0.3, -0.25) is 0 Å². The third kappa shape index (κ3) is 9.47. The molecule has 0 saturated heterocycles. The molecule has 1 aromatic rings. The first-order chi connectivity index (χ1) is 11.8. The van der Waals surface area contributed by atoms with Crippen molar-refractivity contribution in [2.75, 3.05) is 0 Å². The Labute approximate surface area is 159 Å². The van der Waals surface area contributed by atoms with E-state index in [1.165, 1.54) is 76.2 Å². The summed E-state index contributed by atoms with van der Waals surface area (Å²) in [6.07, 6.45) is 17.3. The van der Waals surface area contributed by atoms with Gasteiger partial charge < -0.3 is 0 Å². The molecule has 0 nitrogen and oxygen atoms in total. The Balaban J connectivity index is 0.000000410. The van der Waals surface area contributed by atoms with Crippen molar-refractivity contribution in [1.82, 2.24) is 0 Å². The van der Waals surface area contributed by atoms with E-state index in [0.717, 1.165) is 18.3 Å². The number of hydrogen-bond acceptors (Lipinski definition) is 0. The predicted octanol–water partition coefficient (Wildman–Crippen LogP) is 8.94. The summed E-state index contributed by atoms with van der Waals surface area (Å²) >= 11 is 0. The van der Waals surface area contributed by atoms with Crippen LogP contribution in [0.4, 0.5) is 0 Å². The fourth-order valence-corrected chi connectivity index (χ4v) is 3.41. The van der Waals surface area contributed by atoms with Crippen LogP contribution in [-0.4, -0.2) is 0 Å². The molecular weight excluding hydrogens is 300 g/mol. The molecule has 0 atom stereocenters. The van der Waals surface area contributed by atoms with Crippen molar-refractivity contribution in [1.29, 1.82) is 0 Å². The van der Waals surface area contributed by atoms with Crippen molar-refractivity contribution in [3.05, 3.63) is 35.4 Å². The predicted molar refractivity (Wildman–Crippen MR) is 117 cm³/mol. The van der Waals surface area contributed by atoms with Crippen LogP contribution in [0.1, 0.15) is 123 Å². The molecule has 2 aliphatic carbocycles. The summed E-state index contributed by atoms with van der Waals surface area (Å²) < 4.78 is 0. The van der Waals surface area contributed by atoms with Gasteiger partial charge in [-0.1, -0.05) is 117 Å². The van der Waals surface area contributed by atoms with E-state index in [1.807, 2.05) is 13.8 Å². The van der Waals surface area contributed by atoms with Crippen LogP contribution in [0.3, 0.4) is 0 Å². The van der Waals surface area contributed by atoms with E-state index in [1.54, 1.807) is 5.56 Å². The number of unbranched alkanes of at least 4 members (excludes halogenated alkanes) is 3. The lowest BCUT2D eigenvalue weighted by atomic mass is 9.80. The maximum Gasteiger partial charge on any atom is -0.0162 e. The van der Waals surface area contributed by atoms with E-state index in [-0.39, 0.29) is 7.43 Å². The standard InChI is InChI=1S/C12H16.C10H20.C2H6.CH4/c1-2-10-6-8-12(9-7-10)11-4-3-5-11;1-2-3-4-5-7-10-8-6-9-10;1-2;/h6-9,11H,2-5H2,1H3;10H,2-9H2,1H3;1-2H3;1H4. The van der Waals surface area contributed by atoms with Crippen LogP contribution in [0.25, 0.3) is 0 Å². The van der Waals surface area contributed by atoms with Crippen LogP contribution >= 0.6 is 0 Å². The van der Waals surface area contributed by atoms with Crippen molar-refractivity contribution in [2.45, 2.75) is 118 Å². The molecule has 0 heteroatoms. The quantitative estimate of drug-likeness (QED) is 0.432. The number of rotatable bonds is 7. The monoisotopic (exact) mass is 346 g/mol. The Kier molecular flexibility index (Phi) is 15.0. The first kappa shape index (κ1) is 24.2. The van der Waals surface area contributed by atoms with Crippen LogP contribution in [0, 0.1) is 5.92 Å². The summed E-state index contributed by atoms with van der Waals surface area (Å²) in [6, 6.07) is 9.16. The number of aryl methyl sites for hydroxylation is 1. The molecule has 0 amide bonds. The molecule has 0 aliphatic heterocycles. The topological polar surface area (TPSA) is 0 Å². The normalized spacial score (nSPS) is 16.2. The summed E-state index contributed by atoms with van der Waals surface area (Å²) in [7, 11) is 0. The van der Waals surface area contributed by atoms with Crippen LogP contribution in [0.5, 0.6) is 0 Å².